The molecule has 0 aliphatic heterocycles. The summed E-state index contributed by atoms with van der Waals surface area (Å²) in [6.45, 7) is 4.38. The van der Waals surface area contributed by atoms with Gasteiger partial charge in [-0.15, -0.1) is 11.3 Å². The molecule has 0 aliphatic rings. The second kappa shape index (κ2) is 4.99. The molecule has 0 aliphatic carbocycles. The monoisotopic (exact) mass is 217 g/mol. The Kier molecular flexibility index (Phi) is 4.23. The third-order valence-corrected chi connectivity index (χ3v) is 3.61. The van der Waals surface area contributed by atoms with Crippen LogP contribution < -0.4 is 5.73 Å². The first kappa shape index (κ1) is 11.0. The molecule has 2 N–H and O–H groups in total. The predicted molar refractivity (Wildman–Crippen MR) is 60.3 cm³/mol. The van der Waals surface area contributed by atoms with Crippen molar-refractivity contribution < 1.29 is 0 Å². The van der Waals surface area contributed by atoms with Crippen molar-refractivity contribution in [1.82, 2.24) is 0 Å². The van der Waals surface area contributed by atoms with Gasteiger partial charge in [-0.3, -0.25) is 0 Å². The Morgan fingerprint density at radius 3 is 2.69 bits per heavy atom. The van der Waals surface area contributed by atoms with Crippen molar-refractivity contribution in [2.75, 3.05) is 0 Å². The van der Waals surface area contributed by atoms with Gasteiger partial charge in [0.05, 0.1) is 4.34 Å². The Hall–Kier alpha value is -0.0500. The molecule has 0 fully saturated rings. The maximum absolute atomic E-state index is 6.09. The smallest absolute Gasteiger partial charge is 0.0931 e. The van der Waals surface area contributed by atoms with E-state index in [4.69, 9.17) is 17.3 Å². The topological polar surface area (TPSA) is 26.0 Å². The molecule has 2 atom stereocenters. The molecule has 0 spiro atoms. The van der Waals surface area contributed by atoms with Crippen molar-refractivity contribution >= 4 is 22.9 Å². The lowest BCUT2D eigenvalue weighted by Crippen LogP contribution is -2.17. The standard InChI is InChI=1S/C10H16ClNS/c1-3-4-7(2)10(12)8-5-6-9(11)13-8/h5-7,10H,3-4,12H2,1-2H3. The van der Waals surface area contributed by atoms with Gasteiger partial charge in [0, 0.05) is 10.9 Å². The molecule has 1 aromatic rings. The highest BCUT2D eigenvalue weighted by molar-refractivity contribution is 7.16. The third kappa shape index (κ3) is 2.97. The summed E-state index contributed by atoms with van der Waals surface area (Å²) in [6, 6.07) is 4.10. The van der Waals surface area contributed by atoms with Crippen LogP contribution in [0.15, 0.2) is 12.1 Å². The summed E-state index contributed by atoms with van der Waals surface area (Å²) in [5.41, 5.74) is 6.09. The van der Waals surface area contributed by atoms with Crippen molar-refractivity contribution in [3.8, 4) is 0 Å². The second-order valence-electron chi connectivity index (χ2n) is 3.43. The summed E-state index contributed by atoms with van der Waals surface area (Å²) in [4.78, 5) is 1.20. The lowest BCUT2D eigenvalue weighted by atomic mass is 9.97. The van der Waals surface area contributed by atoms with Crippen molar-refractivity contribution in [1.29, 1.82) is 0 Å². The molecular formula is C10H16ClNS. The van der Waals surface area contributed by atoms with E-state index in [-0.39, 0.29) is 6.04 Å². The van der Waals surface area contributed by atoms with Gasteiger partial charge in [0.25, 0.3) is 0 Å². The van der Waals surface area contributed by atoms with Crippen LogP contribution in [0.25, 0.3) is 0 Å². The highest BCUT2D eigenvalue weighted by atomic mass is 35.5. The Labute approximate surface area is 88.9 Å². The fraction of sp³-hybridized carbons (Fsp3) is 0.600. The summed E-state index contributed by atoms with van der Waals surface area (Å²) >= 11 is 7.44. The van der Waals surface area contributed by atoms with Gasteiger partial charge < -0.3 is 5.73 Å². The summed E-state index contributed by atoms with van der Waals surface area (Å²) in [6.07, 6.45) is 2.37. The lowest BCUT2D eigenvalue weighted by molar-refractivity contribution is 0.438. The minimum absolute atomic E-state index is 0.150. The fourth-order valence-electron chi connectivity index (χ4n) is 1.42. The van der Waals surface area contributed by atoms with E-state index in [0.717, 1.165) is 4.34 Å². The van der Waals surface area contributed by atoms with Crippen LogP contribution in [0.4, 0.5) is 0 Å². The Bertz CT molecular complexity index is 259. The first-order valence-electron chi connectivity index (χ1n) is 4.66. The molecule has 74 valence electrons. The van der Waals surface area contributed by atoms with Crippen LogP contribution in [0.5, 0.6) is 0 Å². The first-order valence-corrected chi connectivity index (χ1v) is 5.85. The van der Waals surface area contributed by atoms with Gasteiger partial charge in [0.1, 0.15) is 0 Å². The van der Waals surface area contributed by atoms with Gasteiger partial charge in [0.2, 0.25) is 0 Å². The van der Waals surface area contributed by atoms with E-state index >= 15 is 0 Å². The van der Waals surface area contributed by atoms with Gasteiger partial charge >= 0.3 is 0 Å². The summed E-state index contributed by atoms with van der Waals surface area (Å²) in [7, 11) is 0. The molecular weight excluding hydrogens is 202 g/mol. The summed E-state index contributed by atoms with van der Waals surface area (Å²) in [5, 5.41) is 0. The van der Waals surface area contributed by atoms with Crippen molar-refractivity contribution in [2.24, 2.45) is 11.7 Å². The number of rotatable bonds is 4. The Morgan fingerprint density at radius 1 is 1.54 bits per heavy atom. The molecule has 1 heterocycles. The highest BCUT2D eigenvalue weighted by Gasteiger charge is 2.15. The molecule has 1 aromatic heterocycles. The van der Waals surface area contributed by atoms with Crippen molar-refractivity contribution in [3.63, 3.8) is 0 Å². The van der Waals surface area contributed by atoms with Crippen LogP contribution in [-0.2, 0) is 0 Å². The Balaban J connectivity index is 2.61. The molecule has 0 amide bonds. The molecule has 1 nitrogen and oxygen atoms in total. The molecule has 13 heavy (non-hydrogen) atoms. The average molecular weight is 218 g/mol. The van der Waals surface area contributed by atoms with Gasteiger partial charge in [0.15, 0.2) is 0 Å². The van der Waals surface area contributed by atoms with Crippen LogP contribution in [0.2, 0.25) is 4.34 Å². The minimum atomic E-state index is 0.150. The van der Waals surface area contributed by atoms with Gasteiger partial charge in [-0.1, -0.05) is 31.9 Å². The summed E-state index contributed by atoms with van der Waals surface area (Å²) in [5.74, 6) is 0.541. The zero-order valence-electron chi connectivity index (χ0n) is 8.09. The van der Waals surface area contributed by atoms with E-state index in [1.807, 2.05) is 12.1 Å². The number of hydrogen-bond acceptors (Lipinski definition) is 2. The maximum atomic E-state index is 6.09. The van der Waals surface area contributed by atoms with Crippen LogP contribution in [0, 0.1) is 5.92 Å². The highest BCUT2D eigenvalue weighted by Crippen LogP contribution is 2.30. The molecule has 1 rings (SSSR count). The fourth-order valence-corrected chi connectivity index (χ4v) is 2.62. The normalized spacial score (nSPS) is 15.7. The number of nitrogens with two attached hydrogens (primary N) is 1. The molecule has 0 radical (unpaired) electrons. The van der Waals surface area contributed by atoms with E-state index in [1.54, 1.807) is 11.3 Å². The van der Waals surface area contributed by atoms with Crippen molar-refractivity contribution in [2.45, 2.75) is 32.7 Å². The van der Waals surface area contributed by atoms with Crippen LogP contribution >= 0.6 is 22.9 Å². The van der Waals surface area contributed by atoms with Crippen molar-refractivity contribution in [3.05, 3.63) is 21.3 Å². The van der Waals surface area contributed by atoms with Gasteiger partial charge in [-0.05, 0) is 24.5 Å². The molecule has 0 saturated heterocycles. The van der Waals surface area contributed by atoms with Gasteiger partial charge in [-0.25, -0.2) is 0 Å². The largest absolute Gasteiger partial charge is 0.323 e. The Morgan fingerprint density at radius 2 is 2.23 bits per heavy atom. The maximum Gasteiger partial charge on any atom is 0.0931 e. The average Bonchev–Trinajstić information content (AvgIpc) is 2.51. The van der Waals surface area contributed by atoms with E-state index < -0.39 is 0 Å². The van der Waals surface area contributed by atoms with Crippen LogP contribution in [-0.4, -0.2) is 0 Å². The quantitative estimate of drug-likeness (QED) is 0.815. The van der Waals surface area contributed by atoms with Crippen LogP contribution in [0.1, 0.15) is 37.6 Å². The molecule has 2 unspecified atom stereocenters. The minimum Gasteiger partial charge on any atom is -0.323 e. The molecule has 3 heteroatoms. The number of hydrogen-bond donors (Lipinski definition) is 1. The van der Waals surface area contributed by atoms with E-state index in [2.05, 4.69) is 13.8 Å². The lowest BCUT2D eigenvalue weighted by Gasteiger charge is -2.17. The van der Waals surface area contributed by atoms with E-state index in [0.29, 0.717) is 5.92 Å². The number of halogens is 1. The van der Waals surface area contributed by atoms with Crippen LogP contribution in [0.3, 0.4) is 0 Å². The SMILES string of the molecule is CCCC(C)C(N)c1ccc(Cl)s1. The molecule has 0 aromatic carbocycles. The predicted octanol–water partition coefficient (Wildman–Crippen LogP) is 3.84. The van der Waals surface area contributed by atoms with E-state index in [1.165, 1.54) is 17.7 Å². The molecule has 0 bridgehead atoms. The van der Waals surface area contributed by atoms with Gasteiger partial charge in [-0.2, -0.15) is 0 Å². The molecule has 0 saturated carbocycles. The number of thiophene rings is 1. The summed E-state index contributed by atoms with van der Waals surface area (Å²) < 4.78 is 0.828. The third-order valence-electron chi connectivity index (χ3n) is 2.28. The second-order valence-corrected chi connectivity index (χ2v) is 5.18. The van der Waals surface area contributed by atoms with E-state index in [9.17, 15) is 0 Å². The zero-order chi connectivity index (χ0) is 9.84. The first-order chi connectivity index (χ1) is 6.15. The zero-order valence-corrected chi connectivity index (χ0v) is 9.66.